The number of amides is 1. The van der Waals surface area contributed by atoms with E-state index in [1.54, 1.807) is 0 Å². The number of aliphatic hydroxyl groups is 3. The highest BCUT2D eigenvalue weighted by molar-refractivity contribution is 5.67. The summed E-state index contributed by atoms with van der Waals surface area (Å²) in [6, 6.07) is 9.20. The van der Waals surface area contributed by atoms with E-state index in [-0.39, 0.29) is 19.6 Å². The van der Waals surface area contributed by atoms with Crippen LogP contribution in [0, 0.1) is 0 Å². The highest BCUT2D eigenvalue weighted by Crippen LogP contribution is 2.18. The van der Waals surface area contributed by atoms with Gasteiger partial charge in [0.1, 0.15) is 18.8 Å². The first-order valence-corrected chi connectivity index (χ1v) is 6.70. The number of carbonyl (C=O) groups is 1. The van der Waals surface area contributed by atoms with E-state index in [1.165, 1.54) is 0 Å². The summed E-state index contributed by atoms with van der Waals surface area (Å²) in [5, 5.41) is 31.0. The van der Waals surface area contributed by atoms with Crippen LogP contribution >= 0.6 is 0 Å². The number of rotatable bonds is 4. The van der Waals surface area contributed by atoms with Crippen LogP contribution in [0.4, 0.5) is 4.79 Å². The Bertz CT molecular complexity index is 454. The molecule has 1 aromatic carbocycles. The Morgan fingerprint density at radius 1 is 1.29 bits per heavy atom. The van der Waals surface area contributed by atoms with Crippen molar-refractivity contribution in [3.63, 3.8) is 0 Å². The summed E-state index contributed by atoms with van der Waals surface area (Å²) in [4.78, 5) is 11.5. The highest BCUT2D eigenvalue weighted by Gasteiger charge is 2.36. The molecular formula is C14H19NO6. The Hall–Kier alpha value is -1.67. The van der Waals surface area contributed by atoms with Gasteiger partial charge in [-0.15, -0.1) is 0 Å². The van der Waals surface area contributed by atoms with Crippen LogP contribution in [0.15, 0.2) is 30.3 Å². The van der Waals surface area contributed by atoms with E-state index in [4.69, 9.17) is 9.47 Å². The molecule has 0 unspecified atom stereocenters. The quantitative estimate of drug-likeness (QED) is 0.610. The minimum atomic E-state index is -1.16. The smallest absolute Gasteiger partial charge is 0.407 e. The zero-order chi connectivity index (χ0) is 15.2. The molecule has 1 fully saturated rings. The first-order chi connectivity index (χ1) is 10.1. The SMILES string of the molecule is O=C(NC[C@H]1O[C@H](O)C[C@@H](O)[C@H]1O)OCc1ccccc1. The lowest BCUT2D eigenvalue weighted by Gasteiger charge is -2.34. The van der Waals surface area contributed by atoms with Crippen molar-refractivity contribution in [1.82, 2.24) is 5.32 Å². The van der Waals surface area contributed by atoms with Gasteiger partial charge in [-0.3, -0.25) is 0 Å². The molecule has 0 aromatic heterocycles. The fraction of sp³-hybridized carbons (Fsp3) is 0.500. The zero-order valence-corrected chi connectivity index (χ0v) is 11.4. The lowest BCUT2D eigenvalue weighted by molar-refractivity contribution is -0.230. The Kier molecular flexibility index (Phi) is 5.51. The van der Waals surface area contributed by atoms with Crippen LogP contribution in [0.3, 0.4) is 0 Å². The number of nitrogens with one attached hydrogen (secondary N) is 1. The summed E-state index contributed by atoms with van der Waals surface area (Å²) >= 11 is 0. The summed E-state index contributed by atoms with van der Waals surface area (Å²) in [6.45, 7) is 0.0644. The van der Waals surface area contributed by atoms with E-state index < -0.39 is 30.7 Å². The third kappa shape index (κ3) is 4.68. The van der Waals surface area contributed by atoms with Crippen LogP contribution in [-0.4, -0.2) is 52.6 Å². The predicted octanol–water partition coefficient (Wildman–Crippen LogP) is -0.258. The minimum Gasteiger partial charge on any atom is -0.445 e. The number of hydrogen-bond acceptors (Lipinski definition) is 6. The van der Waals surface area contributed by atoms with Crippen LogP contribution in [0.1, 0.15) is 12.0 Å². The van der Waals surface area contributed by atoms with Crippen molar-refractivity contribution in [2.75, 3.05) is 6.54 Å². The highest BCUT2D eigenvalue weighted by atomic mass is 16.6. The molecule has 1 aromatic rings. The Labute approximate surface area is 122 Å². The Balaban J connectivity index is 1.73. The van der Waals surface area contributed by atoms with Crippen molar-refractivity contribution in [3.05, 3.63) is 35.9 Å². The number of alkyl carbamates (subject to hydrolysis) is 1. The van der Waals surface area contributed by atoms with Crippen molar-refractivity contribution >= 4 is 6.09 Å². The maximum absolute atomic E-state index is 11.5. The number of aliphatic hydroxyl groups excluding tert-OH is 3. The molecule has 2 rings (SSSR count). The Morgan fingerprint density at radius 3 is 2.71 bits per heavy atom. The second kappa shape index (κ2) is 7.37. The van der Waals surface area contributed by atoms with Crippen molar-refractivity contribution in [2.24, 2.45) is 0 Å². The largest absolute Gasteiger partial charge is 0.445 e. The fourth-order valence-corrected chi connectivity index (χ4v) is 2.06. The molecule has 0 bridgehead atoms. The lowest BCUT2D eigenvalue weighted by atomic mass is 10.0. The second-order valence-corrected chi connectivity index (χ2v) is 4.87. The summed E-state index contributed by atoms with van der Waals surface area (Å²) in [5.74, 6) is 0. The molecule has 0 spiro atoms. The van der Waals surface area contributed by atoms with Gasteiger partial charge in [-0.2, -0.15) is 0 Å². The van der Waals surface area contributed by atoms with Crippen molar-refractivity contribution in [2.45, 2.75) is 37.6 Å². The second-order valence-electron chi connectivity index (χ2n) is 4.87. The van der Waals surface area contributed by atoms with Crippen LogP contribution in [0.5, 0.6) is 0 Å². The van der Waals surface area contributed by atoms with Gasteiger partial charge in [0.25, 0.3) is 0 Å². The molecule has 1 amide bonds. The van der Waals surface area contributed by atoms with Gasteiger partial charge in [-0.1, -0.05) is 30.3 Å². The molecule has 1 aliphatic heterocycles. The molecule has 21 heavy (non-hydrogen) atoms. The molecule has 7 heteroatoms. The molecule has 4 atom stereocenters. The molecule has 7 nitrogen and oxygen atoms in total. The summed E-state index contributed by atoms with van der Waals surface area (Å²) in [5.41, 5.74) is 0.854. The maximum atomic E-state index is 11.5. The standard InChI is InChI=1S/C14H19NO6/c16-10-6-12(17)21-11(13(10)18)7-15-14(19)20-8-9-4-2-1-3-5-9/h1-5,10-13,16-18H,6-8H2,(H,15,19)/t10-,11-,12+,13-/m1/s1. The monoisotopic (exact) mass is 297 g/mol. The van der Waals surface area contributed by atoms with E-state index in [0.717, 1.165) is 5.56 Å². The fourth-order valence-electron chi connectivity index (χ4n) is 2.06. The van der Waals surface area contributed by atoms with E-state index >= 15 is 0 Å². The van der Waals surface area contributed by atoms with Crippen molar-refractivity contribution in [1.29, 1.82) is 0 Å². The minimum absolute atomic E-state index is 0.0594. The molecular weight excluding hydrogens is 278 g/mol. The van der Waals surface area contributed by atoms with Gasteiger partial charge < -0.3 is 30.1 Å². The van der Waals surface area contributed by atoms with Gasteiger partial charge in [-0.25, -0.2) is 4.79 Å². The summed E-state index contributed by atoms with van der Waals surface area (Å²) < 4.78 is 10.1. The molecule has 1 heterocycles. The van der Waals surface area contributed by atoms with E-state index in [9.17, 15) is 20.1 Å². The molecule has 0 saturated carbocycles. The van der Waals surface area contributed by atoms with E-state index in [0.29, 0.717) is 0 Å². The molecule has 0 radical (unpaired) electrons. The molecule has 1 aliphatic rings. The van der Waals surface area contributed by atoms with Gasteiger partial charge >= 0.3 is 6.09 Å². The normalized spacial score (nSPS) is 28.9. The van der Waals surface area contributed by atoms with Gasteiger partial charge in [0.15, 0.2) is 6.29 Å². The number of ether oxygens (including phenoxy) is 2. The molecule has 4 N–H and O–H groups in total. The summed E-state index contributed by atoms with van der Waals surface area (Å²) in [6.07, 6.45) is -5.01. The lowest BCUT2D eigenvalue weighted by Crippen LogP contribution is -2.52. The maximum Gasteiger partial charge on any atom is 0.407 e. The van der Waals surface area contributed by atoms with Gasteiger partial charge in [0.05, 0.1) is 6.10 Å². The number of hydrogen-bond donors (Lipinski definition) is 4. The Morgan fingerprint density at radius 2 is 2.00 bits per heavy atom. The topological polar surface area (TPSA) is 108 Å². The van der Waals surface area contributed by atoms with Crippen LogP contribution in [0.25, 0.3) is 0 Å². The third-order valence-corrected chi connectivity index (χ3v) is 3.21. The number of benzene rings is 1. The van der Waals surface area contributed by atoms with Crippen LogP contribution in [-0.2, 0) is 16.1 Å². The zero-order valence-electron chi connectivity index (χ0n) is 11.4. The van der Waals surface area contributed by atoms with Crippen LogP contribution < -0.4 is 5.32 Å². The first kappa shape index (κ1) is 15.7. The van der Waals surface area contributed by atoms with Gasteiger partial charge in [-0.05, 0) is 5.56 Å². The average Bonchev–Trinajstić information content (AvgIpc) is 2.48. The first-order valence-electron chi connectivity index (χ1n) is 6.70. The predicted molar refractivity (Wildman–Crippen MR) is 72.1 cm³/mol. The van der Waals surface area contributed by atoms with Crippen molar-refractivity contribution < 1.29 is 29.6 Å². The molecule has 1 saturated heterocycles. The molecule has 0 aliphatic carbocycles. The van der Waals surface area contributed by atoms with Crippen molar-refractivity contribution in [3.8, 4) is 0 Å². The number of carbonyl (C=O) groups excluding carboxylic acids is 1. The third-order valence-electron chi connectivity index (χ3n) is 3.21. The van der Waals surface area contributed by atoms with Crippen LogP contribution in [0.2, 0.25) is 0 Å². The van der Waals surface area contributed by atoms with Gasteiger partial charge in [0.2, 0.25) is 0 Å². The average molecular weight is 297 g/mol. The van der Waals surface area contributed by atoms with E-state index in [1.807, 2.05) is 30.3 Å². The molecule has 116 valence electrons. The van der Waals surface area contributed by atoms with Gasteiger partial charge in [0, 0.05) is 13.0 Å². The summed E-state index contributed by atoms with van der Waals surface area (Å²) in [7, 11) is 0. The van der Waals surface area contributed by atoms with E-state index in [2.05, 4.69) is 5.32 Å².